The molecule has 0 spiro atoms. The van der Waals surface area contributed by atoms with Gasteiger partial charge in [-0.1, -0.05) is 38.8 Å². The summed E-state index contributed by atoms with van der Waals surface area (Å²) < 4.78 is 5.15. The van der Waals surface area contributed by atoms with Gasteiger partial charge in [-0.2, -0.15) is 0 Å². The molecule has 2 saturated carbocycles. The molecule has 2 nitrogen and oxygen atoms in total. The van der Waals surface area contributed by atoms with Gasteiger partial charge in [-0.05, 0) is 66.8 Å². The van der Waals surface area contributed by atoms with Crippen LogP contribution >= 0.6 is 0 Å². The van der Waals surface area contributed by atoms with Crippen molar-refractivity contribution in [3.05, 3.63) is 23.3 Å². The minimum atomic E-state index is -0.0603. The first-order valence-corrected chi connectivity index (χ1v) is 8.98. The third-order valence-electron chi connectivity index (χ3n) is 7.33. The number of cyclic esters (lactones) is 1. The molecule has 4 atom stereocenters. The van der Waals surface area contributed by atoms with E-state index in [0.717, 1.165) is 24.3 Å². The van der Waals surface area contributed by atoms with E-state index in [-0.39, 0.29) is 5.97 Å². The van der Waals surface area contributed by atoms with Gasteiger partial charge in [0.25, 0.3) is 0 Å². The van der Waals surface area contributed by atoms with Crippen LogP contribution in [0.2, 0.25) is 0 Å². The van der Waals surface area contributed by atoms with Crippen LogP contribution in [0, 0.1) is 28.6 Å². The van der Waals surface area contributed by atoms with E-state index in [4.69, 9.17) is 4.74 Å². The molecule has 0 aromatic carbocycles. The van der Waals surface area contributed by atoms with Crippen molar-refractivity contribution >= 4 is 5.97 Å². The number of rotatable bonds is 1. The number of hydrogen-bond acceptors (Lipinski definition) is 2. The normalized spacial score (nSPS) is 43.0. The van der Waals surface area contributed by atoms with Crippen molar-refractivity contribution in [3.63, 3.8) is 0 Å². The molecule has 0 saturated heterocycles. The van der Waals surface area contributed by atoms with Crippen LogP contribution in [0.25, 0.3) is 0 Å². The first-order chi connectivity index (χ1) is 10.4. The molecule has 3 aliphatic carbocycles. The zero-order valence-corrected chi connectivity index (χ0v) is 14.2. The van der Waals surface area contributed by atoms with Crippen LogP contribution in [0.15, 0.2) is 23.3 Å². The van der Waals surface area contributed by atoms with Crippen molar-refractivity contribution in [3.8, 4) is 0 Å². The number of esters is 1. The highest BCUT2D eigenvalue weighted by Gasteiger charge is 2.55. The van der Waals surface area contributed by atoms with Crippen LogP contribution < -0.4 is 0 Å². The molecule has 0 unspecified atom stereocenters. The van der Waals surface area contributed by atoms with Crippen molar-refractivity contribution < 1.29 is 9.53 Å². The van der Waals surface area contributed by atoms with Gasteiger partial charge in [-0.25, -0.2) is 4.79 Å². The molecule has 2 fully saturated rings. The lowest BCUT2D eigenvalue weighted by atomic mass is 9.49. The van der Waals surface area contributed by atoms with Crippen LogP contribution in [-0.4, -0.2) is 12.6 Å². The quantitative estimate of drug-likeness (QED) is 0.520. The van der Waals surface area contributed by atoms with Crippen LogP contribution in [0.3, 0.4) is 0 Å². The summed E-state index contributed by atoms with van der Waals surface area (Å²) in [5.74, 6) is 1.83. The van der Waals surface area contributed by atoms with Gasteiger partial charge < -0.3 is 4.74 Å². The molecular formula is C20H28O2. The Bertz CT molecular complexity index is 568. The first kappa shape index (κ1) is 14.5. The highest BCUT2D eigenvalue weighted by Crippen LogP contribution is 2.64. The smallest absolute Gasteiger partial charge is 0.334 e. The lowest BCUT2D eigenvalue weighted by Gasteiger charge is -2.56. The molecule has 0 bridgehead atoms. The predicted molar refractivity (Wildman–Crippen MR) is 87.2 cm³/mol. The van der Waals surface area contributed by atoms with Crippen LogP contribution in [0.5, 0.6) is 0 Å². The fraction of sp³-hybridized carbons (Fsp3) is 0.750. The van der Waals surface area contributed by atoms with Gasteiger partial charge in [0.05, 0.1) is 0 Å². The Morgan fingerprint density at radius 1 is 1.18 bits per heavy atom. The van der Waals surface area contributed by atoms with Crippen LogP contribution in [0.1, 0.15) is 59.3 Å². The summed E-state index contributed by atoms with van der Waals surface area (Å²) in [6, 6.07) is 0. The van der Waals surface area contributed by atoms with Gasteiger partial charge in [-0.15, -0.1) is 0 Å². The SMILES string of the molecule is CC1(C)CCC[C@]2(C)[C@H]3C[C@@H](C4=CCOC4=O)CC3=CC[C@@H]12. The molecule has 1 heterocycles. The number of carbonyl (C=O) groups excluding carboxylic acids is 1. The summed E-state index contributed by atoms with van der Waals surface area (Å²) in [6.07, 6.45) is 12.1. The number of hydrogen-bond donors (Lipinski definition) is 0. The molecule has 0 radical (unpaired) electrons. The summed E-state index contributed by atoms with van der Waals surface area (Å²) in [6.45, 7) is 7.97. The minimum absolute atomic E-state index is 0.0603. The van der Waals surface area contributed by atoms with Crippen molar-refractivity contribution in [2.75, 3.05) is 6.61 Å². The molecule has 0 aromatic rings. The zero-order valence-electron chi connectivity index (χ0n) is 14.2. The topological polar surface area (TPSA) is 26.3 Å². The summed E-state index contributed by atoms with van der Waals surface area (Å²) in [7, 11) is 0. The number of ether oxygens (including phenoxy) is 1. The first-order valence-electron chi connectivity index (χ1n) is 8.98. The van der Waals surface area contributed by atoms with E-state index < -0.39 is 0 Å². The van der Waals surface area contributed by atoms with Crippen molar-refractivity contribution in [1.82, 2.24) is 0 Å². The Morgan fingerprint density at radius 3 is 2.73 bits per heavy atom. The highest BCUT2D eigenvalue weighted by atomic mass is 16.5. The number of carbonyl (C=O) groups is 1. The monoisotopic (exact) mass is 300 g/mol. The maximum atomic E-state index is 11.9. The lowest BCUT2D eigenvalue weighted by molar-refractivity contribution is -0.136. The Balaban J connectivity index is 1.64. The van der Waals surface area contributed by atoms with Crippen LogP contribution in [-0.2, 0) is 9.53 Å². The summed E-state index contributed by atoms with van der Waals surface area (Å²) in [5, 5.41) is 0. The molecule has 4 aliphatic rings. The Kier molecular flexibility index (Phi) is 3.12. The maximum Gasteiger partial charge on any atom is 0.334 e. The average molecular weight is 300 g/mol. The summed E-state index contributed by atoms with van der Waals surface area (Å²) in [4.78, 5) is 11.9. The molecule has 0 N–H and O–H groups in total. The number of allylic oxidation sites excluding steroid dienone is 2. The van der Waals surface area contributed by atoms with Gasteiger partial charge >= 0.3 is 5.97 Å². The van der Waals surface area contributed by atoms with Crippen LogP contribution in [0.4, 0.5) is 0 Å². The lowest BCUT2D eigenvalue weighted by Crippen LogP contribution is -2.47. The van der Waals surface area contributed by atoms with Gasteiger partial charge in [-0.3, -0.25) is 0 Å². The van der Waals surface area contributed by atoms with E-state index in [2.05, 4.69) is 26.8 Å². The second-order valence-corrected chi connectivity index (χ2v) is 8.86. The van der Waals surface area contributed by atoms with E-state index in [0.29, 0.717) is 29.3 Å². The summed E-state index contributed by atoms with van der Waals surface area (Å²) >= 11 is 0. The van der Waals surface area contributed by atoms with Crippen molar-refractivity contribution in [1.29, 1.82) is 0 Å². The van der Waals surface area contributed by atoms with Gasteiger partial charge in [0, 0.05) is 5.57 Å². The maximum absolute atomic E-state index is 11.9. The fourth-order valence-electron chi connectivity index (χ4n) is 6.25. The third-order valence-corrected chi connectivity index (χ3v) is 7.33. The van der Waals surface area contributed by atoms with E-state index >= 15 is 0 Å². The Morgan fingerprint density at radius 2 is 2.00 bits per heavy atom. The van der Waals surface area contributed by atoms with E-state index in [1.165, 1.54) is 25.7 Å². The predicted octanol–water partition coefficient (Wildman–Crippen LogP) is 4.66. The second-order valence-electron chi connectivity index (χ2n) is 8.86. The standard InChI is InChI=1S/C20H28O2/c1-19(2)8-4-9-20(3)16-12-14(15-7-10-22-18(15)21)11-13(16)5-6-17(19)20/h5,7,14,16-17H,4,6,8-12H2,1-3H3/t14-,16-,17-,20+/m0/s1. The molecule has 0 aromatic heterocycles. The van der Waals surface area contributed by atoms with Gasteiger partial charge in [0.2, 0.25) is 0 Å². The Hall–Kier alpha value is -1.05. The van der Waals surface area contributed by atoms with Gasteiger partial charge in [0.15, 0.2) is 0 Å². The molecule has 0 amide bonds. The minimum Gasteiger partial charge on any atom is -0.458 e. The second kappa shape index (κ2) is 4.72. The Labute approximate surface area is 134 Å². The molecule has 1 aliphatic heterocycles. The molecule has 120 valence electrons. The molecule has 4 rings (SSSR count). The summed E-state index contributed by atoms with van der Waals surface area (Å²) in [5.41, 5.74) is 3.50. The zero-order chi connectivity index (χ0) is 15.5. The fourth-order valence-corrected chi connectivity index (χ4v) is 6.25. The molecular weight excluding hydrogens is 272 g/mol. The largest absolute Gasteiger partial charge is 0.458 e. The van der Waals surface area contributed by atoms with Crippen molar-refractivity contribution in [2.24, 2.45) is 28.6 Å². The molecule has 2 heteroatoms. The van der Waals surface area contributed by atoms with Gasteiger partial charge in [0.1, 0.15) is 6.61 Å². The van der Waals surface area contributed by atoms with E-state index in [1.54, 1.807) is 5.57 Å². The third kappa shape index (κ3) is 1.95. The van der Waals surface area contributed by atoms with E-state index in [9.17, 15) is 4.79 Å². The van der Waals surface area contributed by atoms with E-state index in [1.807, 2.05) is 6.08 Å². The molecule has 22 heavy (non-hydrogen) atoms. The van der Waals surface area contributed by atoms with Crippen molar-refractivity contribution in [2.45, 2.75) is 59.3 Å². The number of fused-ring (bicyclic) bond motifs is 3. The average Bonchev–Trinajstić information content (AvgIpc) is 3.04. The highest BCUT2D eigenvalue weighted by molar-refractivity contribution is 5.91.